The third kappa shape index (κ3) is 18.0. The molecule has 0 unspecified atom stereocenters. The summed E-state index contributed by atoms with van der Waals surface area (Å²) >= 11 is 0. The Morgan fingerprint density at radius 2 is 0.542 bits per heavy atom. The summed E-state index contributed by atoms with van der Waals surface area (Å²) in [5.41, 5.74) is 45.9. The quantitative estimate of drug-likeness (QED) is 0.142. The lowest BCUT2D eigenvalue weighted by Gasteiger charge is -2.22. The van der Waals surface area contributed by atoms with Gasteiger partial charge in [-0.3, -0.25) is 0 Å². The first-order chi connectivity index (χ1) is 55.7. The van der Waals surface area contributed by atoms with Gasteiger partial charge >= 0.3 is 0 Å². The molecule has 0 radical (unpaired) electrons. The molecule has 1 aliphatic rings. The van der Waals surface area contributed by atoms with Gasteiger partial charge in [-0.05, 0) is 295 Å². The highest BCUT2D eigenvalue weighted by Gasteiger charge is 2.29. The molecule has 1 saturated carbocycles. The van der Waals surface area contributed by atoms with E-state index in [1.165, 1.54) is 264 Å². The van der Waals surface area contributed by atoms with E-state index in [1.807, 2.05) is 0 Å². The molecule has 0 saturated heterocycles. The molecule has 15 aromatic rings. The van der Waals surface area contributed by atoms with Gasteiger partial charge in [0.2, 0.25) is 28.5 Å². The largest absolute Gasteiger partial charge is 0.220 e. The minimum Gasteiger partial charge on any atom is -0.198 e. The number of aryl methyl sites for hydroxylation is 17. The Balaban J connectivity index is 0.000000136. The third-order valence-corrected chi connectivity index (χ3v) is 26.3. The Kier molecular flexibility index (Phi) is 25.7. The number of fused-ring (bicyclic) bond motifs is 5. The van der Waals surface area contributed by atoms with Crippen molar-refractivity contribution in [1.82, 2.24) is 0 Å². The zero-order valence-electron chi connectivity index (χ0n) is 77.6. The molecule has 5 aromatic heterocycles. The van der Waals surface area contributed by atoms with Crippen LogP contribution in [0, 0.1) is 145 Å². The van der Waals surface area contributed by atoms with Gasteiger partial charge in [-0.1, -0.05) is 183 Å². The molecule has 1 aliphatic carbocycles. The summed E-state index contributed by atoms with van der Waals surface area (Å²) < 4.78 is 11.7. The van der Waals surface area contributed by atoms with Gasteiger partial charge < -0.3 is 0 Å². The van der Waals surface area contributed by atoms with Crippen molar-refractivity contribution in [3.05, 3.63) is 322 Å². The van der Waals surface area contributed by atoms with E-state index in [4.69, 9.17) is 0 Å². The molecular weight excluding hydrogens is 1430 g/mol. The molecule has 0 atom stereocenters. The second-order valence-electron chi connectivity index (χ2n) is 36.9. The maximum atomic E-state index is 2.49. The van der Waals surface area contributed by atoms with Crippen LogP contribution >= 0.6 is 0 Å². The summed E-state index contributed by atoms with van der Waals surface area (Å²) in [6, 6.07) is 71.0. The Labute approximate surface area is 708 Å². The first-order valence-corrected chi connectivity index (χ1v) is 43.2. The fourth-order valence-corrected chi connectivity index (χ4v) is 18.0. The summed E-state index contributed by atoms with van der Waals surface area (Å²) in [6.07, 6.45) is 5.46. The number of nitrogens with zero attached hydrogens (tertiary/aromatic N) is 5. The van der Waals surface area contributed by atoms with Crippen LogP contribution in [0.1, 0.15) is 206 Å². The van der Waals surface area contributed by atoms with Gasteiger partial charge in [0.15, 0.2) is 28.5 Å². The van der Waals surface area contributed by atoms with Crippen LogP contribution in [0.3, 0.4) is 0 Å². The number of aromatic nitrogens is 5. The fraction of sp³-hybridized carbons (Fsp3) is 0.336. The molecule has 5 heterocycles. The van der Waals surface area contributed by atoms with Gasteiger partial charge in [0.05, 0.1) is 49.2 Å². The maximum Gasteiger partial charge on any atom is 0.220 e. The van der Waals surface area contributed by atoms with E-state index in [9.17, 15) is 0 Å². The van der Waals surface area contributed by atoms with Crippen LogP contribution in [-0.2, 0) is 40.7 Å². The first-order valence-electron chi connectivity index (χ1n) is 43.2. The molecule has 606 valence electrons. The van der Waals surface area contributed by atoms with Crippen LogP contribution < -0.4 is 22.8 Å². The van der Waals surface area contributed by atoms with E-state index in [1.54, 1.807) is 5.56 Å². The monoisotopic (exact) mass is 1560 g/mol. The molecule has 0 N–H and O–H groups in total. The smallest absolute Gasteiger partial charge is 0.198 e. The van der Waals surface area contributed by atoms with E-state index < -0.39 is 0 Å². The van der Waals surface area contributed by atoms with Crippen LogP contribution in [-0.4, -0.2) is 0 Å². The lowest BCUT2D eigenvalue weighted by atomic mass is 9.82. The number of hydrogen-bond donors (Lipinski definition) is 0. The topological polar surface area (TPSA) is 19.4 Å². The summed E-state index contributed by atoms with van der Waals surface area (Å²) in [5.74, 6) is 1.28. The summed E-state index contributed by atoms with van der Waals surface area (Å²) in [6.45, 7) is 57.7. The fourth-order valence-electron chi connectivity index (χ4n) is 18.0. The third-order valence-electron chi connectivity index (χ3n) is 26.3. The average molecular weight is 1560 g/mol. The van der Waals surface area contributed by atoms with E-state index in [0.717, 1.165) is 5.92 Å². The predicted octanol–water partition coefficient (Wildman–Crippen LogP) is 27.2. The highest BCUT2D eigenvalue weighted by atomic mass is 15.0. The average Bonchev–Trinajstić information content (AvgIpc) is 0.803. The molecule has 16 rings (SSSR count). The zero-order chi connectivity index (χ0) is 85.7. The van der Waals surface area contributed by atoms with Gasteiger partial charge in [0.1, 0.15) is 35.2 Å². The Morgan fingerprint density at radius 1 is 0.263 bits per heavy atom. The molecule has 0 aliphatic heterocycles. The van der Waals surface area contributed by atoms with E-state index in [-0.39, 0.29) is 5.41 Å². The standard InChI is InChI=1S/C25H30N.C24H30N.C23H28N.C21H24N.C20H22N/c1-16-10-11-23-22(12-16)14-18(3)26(5)25(23)24-15-21(13-17(2)19(24)4)20-8-6-7-9-20;1-15-9-10-21-19(11-15)13-17(3)25(8)23(21)22-14-20(24(5,6)7)12-16(2)18(22)4;1-14(2)19-11-16(4)18(6)22(13-19)23-21-9-8-15(3)10-20(21)12-17(5)24(23)7;1-13-7-8-19-18(10-13)12-16(4)22(6)21(19)20-11-14(2)9-15(3)17(20)5;1-13-7-9-18-17(10-13)12-16(4)21(5)20(18)19-11-14(2)6-8-15(19)3/h10-15,20H,6-9H2,1-5H3;9-14H,1-8H3;8-14H,1-7H3;7-12H,1-6H3;6-12H,1-5H3/q5*+1. The van der Waals surface area contributed by atoms with Gasteiger partial charge in [-0.25, -0.2) is 0 Å². The highest BCUT2D eigenvalue weighted by molar-refractivity contribution is 5.99. The Hall–Kier alpha value is -10.8. The Bertz CT molecular complexity index is 6440. The van der Waals surface area contributed by atoms with Crippen LogP contribution in [0.25, 0.3) is 110 Å². The molecule has 0 spiro atoms. The highest BCUT2D eigenvalue weighted by Crippen LogP contribution is 2.42. The minimum atomic E-state index is 0.141. The van der Waals surface area contributed by atoms with Crippen LogP contribution in [0.5, 0.6) is 0 Å². The van der Waals surface area contributed by atoms with E-state index in [0.29, 0.717) is 5.92 Å². The first kappa shape index (κ1) is 86.6. The summed E-state index contributed by atoms with van der Waals surface area (Å²) in [5, 5.41) is 13.3. The van der Waals surface area contributed by atoms with Crippen LogP contribution in [0.2, 0.25) is 0 Å². The van der Waals surface area contributed by atoms with Crippen molar-refractivity contribution in [2.24, 2.45) is 35.2 Å². The minimum absolute atomic E-state index is 0.141. The molecular formula is C113H134N5+5. The normalized spacial score (nSPS) is 12.3. The Morgan fingerprint density at radius 3 is 0.890 bits per heavy atom. The summed E-state index contributed by atoms with van der Waals surface area (Å²) in [7, 11) is 10.9. The van der Waals surface area contributed by atoms with Crippen LogP contribution in [0.15, 0.2) is 188 Å². The van der Waals surface area contributed by atoms with Crippen molar-refractivity contribution < 1.29 is 22.8 Å². The number of benzene rings is 10. The molecule has 5 nitrogen and oxygen atoms in total. The van der Waals surface area contributed by atoms with Crippen molar-refractivity contribution in [3.8, 4) is 56.3 Å². The van der Waals surface area contributed by atoms with Gasteiger partial charge in [0.25, 0.3) is 0 Å². The molecule has 1 fully saturated rings. The molecule has 10 aromatic carbocycles. The SMILES string of the molecule is Cc1cc(C)c(C)c(-c2c3ccc(C)cc3cc(C)[n+]2C)c1.Cc1ccc(C)c(-c2c3ccc(C)cc3cc(C)[n+]2C)c1.Cc1ccc2c(-c3cc(C(C)(C)C)cc(C)c3C)[n+](C)c(C)cc2c1.Cc1ccc2c(-c3cc(C(C)C)cc(C)c3C)[n+](C)c(C)cc2c1.Cc1ccc2c(-c3cc(C4CCCC4)cc(C)c3C)[n+](C)c(C)cc2c1. The molecule has 0 amide bonds. The molecule has 118 heavy (non-hydrogen) atoms. The second kappa shape index (κ2) is 35.0. The number of pyridine rings is 5. The van der Waals surface area contributed by atoms with Crippen molar-refractivity contribution in [2.75, 3.05) is 0 Å². The molecule has 5 heteroatoms. The van der Waals surface area contributed by atoms with Crippen molar-refractivity contribution in [3.63, 3.8) is 0 Å². The lowest BCUT2D eigenvalue weighted by Crippen LogP contribution is -2.35. The lowest BCUT2D eigenvalue weighted by molar-refractivity contribution is -0.665. The van der Waals surface area contributed by atoms with E-state index in [2.05, 4.69) is 426 Å². The number of rotatable bonds is 7. The van der Waals surface area contributed by atoms with Gasteiger partial charge in [-0.2, -0.15) is 22.8 Å². The number of hydrogen-bond acceptors (Lipinski definition) is 0. The maximum absolute atomic E-state index is 2.49. The second-order valence-corrected chi connectivity index (χ2v) is 36.9. The zero-order valence-corrected chi connectivity index (χ0v) is 77.6. The van der Waals surface area contributed by atoms with E-state index >= 15 is 0 Å². The predicted molar refractivity (Wildman–Crippen MR) is 506 cm³/mol. The van der Waals surface area contributed by atoms with Crippen molar-refractivity contribution in [2.45, 2.75) is 223 Å². The van der Waals surface area contributed by atoms with Crippen molar-refractivity contribution in [1.29, 1.82) is 0 Å². The summed E-state index contributed by atoms with van der Waals surface area (Å²) in [4.78, 5) is 0. The van der Waals surface area contributed by atoms with Gasteiger partial charge in [0, 0.05) is 70.5 Å². The molecule has 0 bridgehead atoms. The van der Waals surface area contributed by atoms with Crippen LogP contribution in [0.4, 0.5) is 0 Å². The van der Waals surface area contributed by atoms with Crippen molar-refractivity contribution >= 4 is 53.9 Å². The van der Waals surface area contributed by atoms with Gasteiger partial charge in [-0.15, -0.1) is 0 Å².